The topological polar surface area (TPSA) is 0 Å². The molecule has 3 rings (SSSR count). The van der Waals surface area contributed by atoms with Gasteiger partial charge in [0.1, 0.15) is 0 Å². The average molecular weight is 457 g/mol. The molecule has 0 nitrogen and oxygen atoms in total. The van der Waals surface area contributed by atoms with Crippen LogP contribution in [0.5, 0.6) is 0 Å². The zero-order valence-electron chi connectivity index (χ0n) is 11.6. The molecular weight excluding hydrogens is 440 g/mol. The van der Waals surface area contributed by atoms with Gasteiger partial charge in [-0.3, -0.25) is 6.08 Å². The molecule has 1 aliphatic rings. The number of halogens is 2. The molecule has 20 heavy (non-hydrogen) atoms. The van der Waals surface area contributed by atoms with Crippen molar-refractivity contribution in [1.82, 2.24) is 0 Å². The molecule has 0 bridgehead atoms. The van der Waals surface area contributed by atoms with Crippen LogP contribution in [-0.4, -0.2) is 13.3 Å². The molecule has 1 aliphatic carbocycles. The zero-order chi connectivity index (χ0) is 12.1. The summed E-state index contributed by atoms with van der Waals surface area (Å²) in [6.45, 7) is 4.59. The van der Waals surface area contributed by atoms with Crippen molar-refractivity contribution in [3.05, 3.63) is 60.7 Å². The molecule has 0 aliphatic heterocycles. The first-order chi connectivity index (χ1) is 8.27. The summed E-state index contributed by atoms with van der Waals surface area (Å²) in [6, 6.07) is 13.2. The predicted octanol–water partition coefficient (Wildman–Crippen LogP) is -1.76. The van der Waals surface area contributed by atoms with Crippen LogP contribution in [0.1, 0.15) is 6.42 Å². The van der Waals surface area contributed by atoms with E-state index >= 15 is 0 Å². The Kier molecular flexibility index (Phi) is 12.1. The Bertz CT molecular complexity index is 501. The van der Waals surface area contributed by atoms with Crippen molar-refractivity contribution in [1.29, 1.82) is 0 Å². The first kappa shape index (κ1) is 21.8. The summed E-state index contributed by atoms with van der Waals surface area (Å²) in [7, 11) is 0.0576. The van der Waals surface area contributed by atoms with Crippen molar-refractivity contribution in [3.63, 3.8) is 0 Å². The number of hydrogen-bond donors (Lipinski definition) is 0. The van der Waals surface area contributed by atoms with E-state index in [1.165, 1.54) is 16.1 Å². The van der Waals surface area contributed by atoms with E-state index in [2.05, 4.69) is 61.9 Å². The third-order valence-electron chi connectivity index (χ3n) is 2.71. The number of allylic oxidation sites excluding steroid dienone is 4. The molecule has 2 aromatic carbocycles. The van der Waals surface area contributed by atoms with Gasteiger partial charge in [-0.15, -0.1) is 54.7 Å². The third-order valence-corrected chi connectivity index (χ3v) is 4.00. The minimum absolute atomic E-state index is 0. The molecule has 0 spiro atoms. The summed E-state index contributed by atoms with van der Waals surface area (Å²) in [4.78, 5) is 0. The van der Waals surface area contributed by atoms with Crippen LogP contribution < -0.4 is 14.7 Å². The first-order valence-corrected chi connectivity index (χ1v) is 8.05. The molecule has 104 valence electrons. The summed E-state index contributed by atoms with van der Waals surface area (Å²) in [5, 5.41) is 4.26. The van der Waals surface area contributed by atoms with E-state index in [-0.39, 0.29) is 43.2 Å². The first-order valence-electron chi connectivity index (χ1n) is 5.82. The summed E-state index contributed by atoms with van der Waals surface area (Å²) in [5.74, 6) is 0. The maximum atomic E-state index is 2.99. The van der Waals surface area contributed by atoms with Gasteiger partial charge in [-0.05, 0) is 13.3 Å². The minimum Gasteiger partial charge on any atom is -1.00 e. The van der Waals surface area contributed by atoms with E-state index in [1.807, 2.05) is 12.2 Å². The summed E-state index contributed by atoms with van der Waals surface area (Å²) in [6.07, 6.45) is 10.0. The number of hydrogen-bond acceptors (Lipinski definition) is 0. The van der Waals surface area contributed by atoms with E-state index in [9.17, 15) is 0 Å². The fourth-order valence-corrected chi connectivity index (χ4v) is 2.53. The fourth-order valence-electron chi connectivity index (χ4n) is 1.73. The normalized spacial score (nSPS) is 11.2. The summed E-state index contributed by atoms with van der Waals surface area (Å²) < 4.78 is 0. The van der Waals surface area contributed by atoms with Crippen molar-refractivity contribution in [2.75, 3.05) is 13.3 Å². The van der Waals surface area contributed by atoms with Gasteiger partial charge in [-0.1, -0.05) is 6.07 Å². The molecule has 0 saturated heterocycles. The Labute approximate surface area is 139 Å². The van der Waals surface area contributed by atoms with E-state index in [0.717, 1.165) is 6.42 Å². The maximum Gasteiger partial charge on any atom is 4.00 e. The van der Waals surface area contributed by atoms with E-state index in [1.54, 1.807) is 0 Å². The van der Waals surface area contributed by atoms with Gasteiger partial charge in [-0.2, -0.15) is 12.1 Å². The van der Waals surface area contributed by atoms with Gasteiger partial charge in [-0.25, -0.2) is 12.2 Å². The Morgan fingerprint density at radius 2 is 1.85 bits per heavy atom. The quantitative estimate of drug-likeness (QED) is 0.271. The third kappa shape index (κ3) is 6.28. The smallest absolute Gasteiger partial charge is 1.00 e. The van der Waals surface area contributed by atoms with Gasteiger partial charge >= 0.3 is 25.8 Å². The average Bonchev–Trinajstić information content (AvgIpc) is 3.01. The zero-order valence-corrected chi connectivity index (χ0v) is 16.1. The molecule has 0 unspecified atom stereocenters. The molecule has 0 N–H and O–H groups in total. The number of fused-ring (bicyclic) bond motifs is 1. The van der Waals surface area contributed by atoms with Crippen LogP contribution in [0.4, 0.5) is 0 Å². The van der Waals surface area contributed by atoms with Crippen molar-refractivity contribution < 1.29 is 35.3 Å². The second-order valence-electron chi connectivity index (χ2n) is 4.24. The fraction of sp³-hybridized carbons (Fsp3) is 0.188. The van der Waals surface area contributed by atoms with Gasteiger partial charge in [0.15, 0.2) is 0 Å². The Morgan fingerprint density at radius 3 is 2.30 bits per heavy atom. The van der Waals surface area contributed by atoms with Crippen molar-refractivity contribution in [2.24, 2.45) is 0 Å². The van der Waals surface area contributed by atoms with Gasteiger partial charge in [0.25, 0.3) is 0 Å². The molecule has 0 amide bonds. The van der Waals surface area contributed by atoms with E-state index in [0.29, 0.717) is 0 Å². The Hall–Kier alpha value is -0.530. The van der Waals surface area contributed by atoms with Crippen LogP contribution in [-0.2, 0) is 25.8 Å². The van der Waals surface area contributed by atoms with Crippen LogP contribution in [0.15, 0.2) is 54.6 Å². The molecule has 4 heteroatoms. The molecule has 0 radical (unpaired) electrons. The van der Waals surface area contributed by atoms with Crippen LogP contribution in [0, 0.1) is 6.08 Å². The second-order valence-corrected chi connectivity index (χ2v) is 6.55. The summed E-state index contributed by atoms with van der Waals surface area (Å²) >= 11 is 0. The molecule has 0 saturated carbocycles. The largest absolute Gasteiger partial charge is 4.00 e. The van der Waals surface area contributed by atoms with Gasteiger partial charge in [0.05, 0.1) is 0 Å². The minimum atomic E-state index is 0. The Balaban J connectivity index is 0. The standard InChI is InChI=1S/C11H12P.C5H5.2FH.Hf/c1-12(2)11-7-9-5-3-4-6-10(9)8-11;1-2-4-5-3-1;;;/h3-8H,1-2H3;1-3H,4H2;2*1H;/q2*-1;;;+4/p-2. The van der Waals surface area contributed by atoms with Crippen molar-refractivity contribution >= 4 is 24.0 Å². The van der Waals surface area contributed by atoms with Crippen LogP contribution in [0.2, 0.25) is 0 Å². The molecule has 2 aromatic rings. The van der Waals surface area contributed by atoms with Crippen LogP contribution in [0.3, 0.4) is 0 Å². The Morgan fingerprint density at radius 1 is 1.15 bits per heavy atom. The molecule has 0 aromatic heterocycles. The SMILES string of the molecule is CP(C)c1cc2ccccc2[cH-]1.[C-]1=CC=CC1.[F-].[F-].[Hf+4]. The van der Waals surface area contributed by atoms with Crippen molar-refractivity contribution in [3.8, 4) is 0 Å². The molecule has 0 heterocycles. The van der Waals surface area contributed by atoms with Crippen molar-refractivity contribution in [2.45, 2.75) is 6.42 Å². The van der Waals surface area contributed by atoms with Gasteiger partial charge < -0.3 is 9.41 Å². The van der Waals surface area contributed by atoms with Crippen LogP contribution in [0.25, 0.3) is 10.8 Å². The summed E-state index contributed by atoms with van der Waals surface area (Å²) in [5.41, 5.74) is 0. The van der Waals surface area contributed by atoms with Gasteiger partial charge in [0, 0.05) is 0 Å². The monoisotopic (exact) mass is 458 g/mol. The van der Waals surface area contributed by atoms with E-state index in [4.69, 9.17) is 0 Å². The van der Waals surface area contributed by atoms with Gasteiger partial charge in [0.2, 0.25) is 0 Å². The molecular formula is C16H17F2HfP. The predicted molar refractivity (Wildman–Crippen MR) is 79.5 cm³/mol. The number of rotatable bonds is 1. The number of benzene rings is 1. The molecule has 0 atom stereocenters. The second kappa shape index (κ2) is 11.2. The molecule has 0 fully saturated rings. The maximum absolute atomic E-state index is 2.99. The van der Waals surface area contributed by atoms with E-state index < -0.39 is 0 Å². The van der Waals surface area contributed by atoms with Crippen LogP contribution >= 0.6 is 7.92 Å².